The van der Waals surface area contributed by atoms with Gasteiger partial charge in [-0.1, -0.05) is 54.5 Å². The molecule has 1 amide bonds. The lowest BCUT2D eigenvalue weighted by Gasteiger charge is -2.19. The summed E-state index contributed by atoms with van der Waals surface area (Å²) in [5, 5.41) is 0. The van der Waals surface area contributed by atoms with Gasteiger partial charge in [-0.05, 0) is 17.7 Å². The second kappa shape index (κ2) is 7.88. The molecule has 3 nitrogen and oxygen atoms in total. The Labute approximate surface area is 125 Å². The van der Waals surface area contributed by atoms with Gasteiger partial charge in [0.25, 0.3) is 5.91 Å². The number of carbonyl (C=O) groups excluding carboxylic acids is 1. The van der Waals surface area contributed by atoms with Crippen LogP contribution in [0.1, 0.15) is 11.1 Å². The van der Waals surface area contributed by atoms with E-state index in [1.54, 1.807) is 4.90 Å². The van der Waals surface area contributed by atoms with Crippen molar-refractivity contribution in [2.75, 3.05) is 13.1 Å². The molecule has 0 saturated carbocycles. The topological polar surface area (TPSA) is 46.3 Å². The minimum atomic E-state index is -0.201. The fourth-order valence-electron chi connectivity index (χ4n) is 1.94. The number of nitrogens with zero attached hydrogens (tertiary/aromatic N) is 1. The van der Waals surface area contributed by atoms with Gasteiger partial charge >= 0.3 is 0 Å². The minimum Gasteiger partial charge on any atom is -0.329 e. The Hall–Kier alpha value is -2.57. The molecular weight excluding hydrogens is 260 g/mol. The van der Waals surface area contributed by atoms with Crippen molar-refractivity contribution in [2.45, 2.75) is 6.54 Å². The van der Waals surface area contributed by atoms with Crippen molar-refractivity contribution in [3.63, 3.8) is 0 Å². The Balaban J connectivity index is 2.07. The fraction of sp³-hybridized carbons (Fsp3) is 0.167. The Morgan fingerprint density at radius 3 is 2.24 bits per heavy atom. The summed E-state index contributed by atoms with van der Waals surface area (Å²) in [6, 6.07) is 19.3. The first-order valence-electron chi connectivity index (χ1n) is 6.89. The maximum absolute atomic E-state index is 12.2. The largest absolute Gasteiger partial charge is 0.329 e. The lowest BCUT2D eigenvalue weighted by Crippen LogP contribution is -2.34. The van der Waals surface area contributed by atoms with Crippen LogP contribution in [0.25, 0.3) is 0 Å². The number of hydrogen-bond acceptors (Lipinski definition) is 2. The van der Waals surface area contributed by atoms with Gasteiger partial charge < -0.3 is 10.6 Å². The summed E-state index contributed by atoms with van der Waals surface area (Å²) in [7, 11) is 0. The maximum Gasteiger partial charge on any atom is 0.299 e. The zero-order valence-corrected chi connectivity index (χ0v) is 11.8. The van der Waals surface area contributed by atoms with E-state index in [0.717, 1.165) is 11.1 Å². The molecule has 2 rings (SSSR count). The van der Waals surface area contributed by atoms with E-state index < -0.39 is 0 Å². The minimum absolute atomic E-state index is 0.201. The van der Waals surface area contributed by atoms with E-state index in [9.17, 15) is 4.79 Å². The molecule has 0 radical (unpaired) electrons. The molecule has 3 heteroatoms. The van der Waals surface area contributed by atoms with Gasteiger partial charge in [0.05, 0.1) is 0 Å². The van der Waals surface area contributed by atoms with Gasteiger partial charge in [-0.2, -0.15) is 0 Å². The first-order valence-corrected chi connectivity index (χ1v) is 6.89. The SMILES string of the molecule is NCCN(Cc1ccccc1)C(=O)C#Cc1ccccc1. The number of rotatable bonds is 4. The molecule has 0 aliphatic heterocycles. The highest BCUT2D eigenvalue weighted by molar-refractivity contribution is 5.94. The lowest BCUT2D eigenvalue weighted by molar-refractivity contribution is -0.125. The molecule has 0 atom stereocenters. The van der Waals surface area contributed by atoms with E-state index in [2.05, 4.69) is 11.8 Å². The summed E-state index contributed by atoms with van der Waals surface area (Å²) in [5.74, 6) is 5.37. The third-order valence-electron chi connectivity index (χ3n) is 2.99. The predicted octanol–water partition coefficient (Wildman–Crippen LogP) is 2.03. The summed E-state index contributed by atoms with van der Waals surface area (Å²) >= 11 is 0. The van der Waals surface area contributed by atoms with Crippen LogP contribution < -0.4 is 5.73 Å². The number of benzene rings is 2. The molecule has 106 valence electrons. The first-order chi connectivity index (χ1) is 10.3. The number of hydrogen-bond donors (Lipinski definition) is 1. The Morgan fingerprint density at radius 2 is 1.62 bits per heavy atom. The van der Waals surface area contributed by atoms with Crippen LogP contribution in [-0.4, -0.2) is 23.9 Å². The predicted molar refractivity (Wildman–Crippen MR) is 84.2 cm³/mol. The Morgan fingerprint density at radius 1 is 1.00 bits per heavy atom. The van der Waals surface area contributed by atoms with Crippen molar-refractivity contribution in [1.29, 1.82) is 0 Å². The van der Waals surface area contributed by atoms with Gasteiger partial charge in [-0.3, -0.25) is 4.79 Å². The van der Waals surface area contributed by atoms with E-state index in [1.807, 2.05) is 60.7 Å². The van der Waals surface area contributed by atoms with Crippen LogP contribution in [0.4, 0.5) is 0 Å². The highest BCUT2D eigenvalue weighted by atomic mass is 16.2. The molecular formula is C18H18N2O. The van der Waals surface area contributed by atoms with Gasteiger partial charge in [0.2, 0.25) is 0 Å². The average Bonchev–Trinajstić information content (AvgIpc) is 2.54. The van der Waals surface area contributed by atoms with E-state index >= 15 is 0 Å². The van der Waals surface area contributed by atoms with Gasteiger partial charge in [-0.15, -0.1) is 0 Å². The fourth-order valence-corrected chi connectivity index (χ4v) is 1.94. The molecule has 0 spiro atoms. The summed E-state index contributed by atoms with van der Waals surface area (Å²) in [4.78, 5) is 13.9. The molecule has 0 heterocycles. The van der Waals surface area contributed by atoms with Crippen molar-refractivity contribution in [1.82, 2.24) is 4.90 Å². The zero-order chi connectivity index (χ0) is 14.9. The Bertz CT molecular complexity index is 627. The van der Waals surface area contributed by atoms with Gasteiger partial charge in [0.15, 0.2) is 0 Å². The molecule has 0 aliphatic rings. The molecule has 0 fully saturated rings. The van der Waals surface area contributed by atoms with Crippen LogP contribution in [0.3, 0.4) is 0 Å². The maximum atomic E-state index is 12.2. The van der Waals surface area contributed by atoms with Crippen molar-refractivity contribution < 1.29 is 4.79 Å². The van der Waals surface area contributed by atoms with Gasteiger partial charge in [0.1, 0.15) is 0 Å². The summed E-state index contributed by atoms with van der Waals surface area (Å²) < 4.78 is 0. The van der Waals surface area contributed by atoms with E-state index in [1.165, 1.54) is 0 Å². The van der Waals surface area contributed by atoms with Crippen molar-refractivity contribution >= 4 is 5.91 Å². The summed E-state index contributed by atoms with van der Waals surface area (Å²) in [6.07, 6.45) is 0. The molecule has 0 aromatic heterocycles. The highest BCUT2D eigenvalue weighted by Crippen LogP contribution is 2.04. The molecule has 2 aromatic carbocycles. The second-order valence-corrected chi connectivity index (χ2v) is 4.62. The van der Waals surface area contributed by atoms with E-state index in [-0.39, 0.29) is 5.91 Å². The molecule has 0 saturated heterocycles. The summed E-state index contributed by atoms with van der Waals surface area (Å²) in [5.41, 5.74) is 7.49. The third kappa shape index (κ3) is 4.79. The van der Waals surface area contributed by atoms with Crippen LogP contribution in [0.5, 0.6) is 0 Å². The molecule has 2 N–H and O–H groups in total. The second-order valence-electron chi connectivity index (χ2n) is 4.62. The average molecular weight is 278 g/mol. The van der Waals surface area contributed by atoms with Crippen LogP contribution in [0.2, 0.25) is 0 Å². The first kappa shape index (κ1) is 14.8. The lowest BCUT2D eigenvalue weighted by atomic mass is 10.2. The van der Waals surface area contributed by atoms with Crippen LogP contribution >= 0.6 is 0 Å². The number of amides is 1. The monoisotopic (exact) mass is 278 g/mol. The van der Waals surface area contributed by atoms with Crippen LogP contribution in [0.15, 0.2) is 60.7 Å². The molecule has 21 heavy (non-hydrogen) atoms. The normalized spacial score (nSPS) is 9.57. The van der Waals surface area contributed by atoms with E-state index in [0.29, 0.717) is 19.6 Å². The van der Waals surface area contributed by atoms with Crippen molar-refractivity contribution in [2.24, 2.45) is 5.73 Å². The third-order valence-corrected chi connectivity index (χ3v) is 2.99. The van der Waals surface area contributed by atoms with E-state index in [4.69, 9.17) is 5.73 Å². The zero-order valence-electron chi connectivity index (χ0n) is 11.8. The summed E-state index contributed by atoms with van der Waals surface area (Å²) in [6.45, 7) is 1.45. The van der Waals surface area contributed by atoms with Crippen LogP contribution in [0, 0.1) is 11.8 Å². The number of nitrogens with two attached hydrogens (primary N) is 1. The molecule has 0 bridgehead atoms. The Kier molecular flexibility index (Phi) is 5.57. The smallest absolute Gasteiger partial charge is 0.299 e. The molecule has 0 unspecified atom stereocenters. The van der Waals surface area contributed by atoms with Crippen LogP contribution in [-0.2, 0) is 11.3 Å². The standard InChI is InChI=1S/C18H18N2O/c19-13-14-20(15-17-9-5-2-6-10-17)18(21)12-11-16-7-3-1-4-8-16/h1-10H,13-15,19H2. The van der Waals surface area contributed by atoms with Gasteiger partial charge in [0, 0.05) is 31.1 Å². The molecule has 0 aliphatic carbocycles. The quantitative estimate of drug-likeness (QED) is 0.870. The van der Waals surface area contributed by atoms with Gasteiger partial charge in [-0.25, -0.2) is 0 Å². The number of carbonyl (C=O) groups is 1. The highest BCUT2D eigenvalue weighted by Gasteiger charge is 2.10. The van der Waals surface area contributed by atoms with Crippen molar-refractivity contribution in [3.8, 4) is 11.8 Å². The molecule has 2 aromatic rings. The van der Waals surface area contributed by atoms with Crippen molar-refractivity contribution in [3.05, 3.63) is 71.8 Å².